The second-order valence-electron chi connectivity index (χ2n) is 4.28. The Morgan fingerprint density at radius 2 is 2.08 bits per heavy atom. The van der Waals surface area contributed by atoms with Crippen LogP contribution in [0.25, 0.3) is 0 Å². The van der Waals surface area contributed by atoms with Crippen LogP contribution < -0.4 is 5.73 Å². The molecule has 0 radical (unpaired) electrons. The molecule has 0 fully saturated rings. The molecule has 0 amide bonds. The van der Waals surface area contributed by atoms with E-state index in [0.29, 0.717) is 5.15 Å². The normalized spacial score (nSPS) is 11.7. The summed E-state index contributed by atoms with van der Waals surface area (Å²) in [6, 6.07) is 0. The molecule has 1 rings (SSSR count). The van der Waals surface area contributed by atoms with E-state index in [2.05, 4.69) is 30.7 Å². The molecule has 2 N–H and O–H groups in total. The number of rotatable bonds is 1. The van der Waals surface area contributed by atoms with Crippen LogP contribution >= 0.6 is 11.6 Å². The van der Waals surface area contributed by atoms with E-state index in [4.69, 9.17) is 17.3 Å². The molecule has 72 valence electrons. The van der Waals surface area contributed by atoms with Crippen LogP contribution in [0.1, 0.15) is 26.3 Å². The van der Waals surface area contributed by atoms with E-state index in [9.17, 15) is 0 Å². The first-order valence-electron chi connectivity index (χ1n) is 4.15. The zero-order valence-corrected chi connectivity index (χ0v) is 8.89. The predicted octanol–water partition coefficient (Wildman–Crippen LogP) is 2.30. The molecule has 4 heteroatoms. The van der Waals surface area contributed by atoms with E-state index in [1.54, 1.807) is 6.20 Å². The van der Waals surface area contributed by atoms with Gasteiger partial charge in [-0.25, -0.2) is 9.97 Å². The van der Waals surface area contributed by atoms with Crippen molar-refractivity contribution in [3.8, 4) is 0 Å². The zero-order chi connectivity index (χ0) is 10.1. The lowest BCUT2D eigenvalue weighted by Crippen LogP contribution is -2.11. The van der Waals surface area contributed by atoms with E-state index in [0.717, 1.165) is 12.0 Å². The molecule has 0 aliphatic rings. The first-order chi connectivity index (χ1) is 5.88. The SMILES string of the molecule is CC(C)(C)Cc1cnc(N)nc1Cl. The minimum Gasteiger partial charge on any atom is -0.368 e. The molecule has 0 saturated carbocycles. The van der Waals surface area contributed by atoms with Gasteiger partial charge in [0.05, 0.1) is 0 Å². The highest BCUT2D eigenvalue weighted by atomic mass is 35.5. The molecular weight excluding hydrogens is 186 g/mol. The Bertz CT molecular complexity index is 304. The second-order valence-corrected chi connectivity index (χ2v) is 4.64. The van der Waals surface area contributed by atoms with E-state index in [1.807, 2.05) is 0 Å². The molecule has 0 saturated heterocycles. The van der Waals surface area contributed by atoms with Crippen molar-refractivity contribution in [2.45, 2.75) is 27.2 Å². The third-order valence-electron chi connectivity index (χ3n) is 1.55. The monoisotopic (exact) mass is 199 g/mol. The van der Waals surface area contributed by atoms with Gasteiger partial charge in [-0.1, -0.05) is 32.4 Å². The predicted molar refractivity (Wildman–Crippen MR) is 54.6 cm³/mol. The number of aromatic nitrogens is 2. The summed E-state index contributed by atoms with van der Waals surface area (Å²) in [4.78, 5) is 7.80. The molecular formula is C9H14ClN3. The summed E-state index contributed by atoms with van der Waals surface area (Å²) in [7, 11) is 0. The highest BCUT2D eigenvalue weighted by molar-refractivity contribution is 6.30. The van der Waals surface area contributed by atoms with Crippen LogP contribution in [0.2, 0.25) is 5.15 Å². The van der Waals surface area contributed by atoms with E-state index in [-0.39, 0.29) is 11.4 Å². The Balaban J connectivity index is 2.90. The number of hydrogen-bond donors (Lipinski definition) is 1. The van der Waals surface area contributed by atoms with E-state index < -0.39 is 0 Å². The third kappa shape index (κ3) is 3.19. The number of hydrogen-bond acceptors (Lipinski definition) is 3. The van der Waals surface area contributed by atoms with Gasteiger partial charge in [-0.05, 0) is 11.8 Å². The molecule has 0 aliphatic heterocycles. The summed E-state index contributed by atoms with van der Waals surface area (Å²) in [5.41, 5.74) is 6.52. The molecule has 0 aromatic carbocycles. The Kier molecular flexibility index (Phi) is 2.76. The summed E-state index contributed by atoms with van der Waals surface area (Å²) in [5.74, 6) is 0.225. The lowest BCUT2D eigenvalue weighted by molar-refractivity contribution is 0.410. The molecule has 0 spiro atoms. The maximum atomic E-state index is 5.90. The smallest absolute Gasteiger partial charge is 0.221 e. The summed E-state index contributed by atoms with van der Waals surface area (Å²) < 4.78 is 0. The lowest BCUT2D eigenvalue weighted by atomic mass is 9.89. The van der Waals surface area contributed by atoms with Crippen LogP contribution in [0.4, 0.5) is 5.95 Å². The summed E-state index contributed by atoms with van der Waals surface area (Å²) in [6.07, 6.45) is 2.54. The van der Waals surface area contributed by atoms with Gasteiger partial charge in [0, 0.05) is 11.8 Å². The van der Waals surface area contributed by atoms with Gasteiger partial charge in [-0.3, -0.25) is 0 Å². The van der Waals surface area contributed by atoms with Crippen LogP contribution in [0.5, 0.6) is 0 Å². The van der Waals surface area contributed by atoms with Crippen LogP contribution in [0.3, 0.4) is 0 Å². The van der Waals surface area contributed by atoms with Gasteiger partial charge in [0.2, 0.25) is 5.95 Å². The first kappa shape index (κ1) is 10.3. The van der Waals surface area contributed by atoms with Crippen molar-refractivity contribution >= 4 is 17.5 Å². The fourth-order valence-electron chi connectivity index (χ4n) is 1.09. The molecule has 0 unspecified atom stereocenters. The maximum absolute atomic E-state index is 5.90. The number of nitrogens with two attached hydrogens (primary N) is 1. The van der Waals surface area contributed by atoms with Crippen molar-refractivity contribution in [1.82, 2.24) is 9.97 Å². The molecule has 13 heavy (non-hydrogen) atoms. The van der Waals surface area contributed by atoms with E-state index in [1.165, 1.54) is 0 Å². The minimum absolute atomic E-state index is 0.184. The lowest BCUT2D eigenvalue weighted by Gasteiger charge is -2.18. The van der Waals surface area contributed by atoms with Gasteiger partial charge in [0.25, 0.3) is 0 Å². The molecule has 0 atom stereocenters. The summed E-state index contributed by atoms with van der Waals surface area (Å²) >= 11 is 5.90. The zero-order valence-electron chi connectivity index (χ0n) is 8.13. The Hall–Kier alpha value is -0.830. The van der Waals surface area contributed by atoms with Crippen LogP contribution in [-0.4, -0.2) is 9.97 Å². The average molecular weight is 200 g/mol. The van der Waals surface area contributed by atoms with Crippen molar-refractivity contribution in [1.29, 1.82) is 0 Å². The second kappa shape index (κ2) is 3.50. The Morgan fingerprint density at radius 1 is 1.46 bits per heavy atom. The van der Waals surface area contributed by atoms with Crippen molar-refractivity contribution in [2.24, 2.45) is 5.41 Å². The highest BCUT2D eigenvalue weighted by Gasteiger charge is 2.14. The summed E-state index contributed by atoms with van der Waals surface area (Å²) in [5, 5.41) is 0.461. The Morgan fingerprint density at radius 3 is 2.54 bits per heavy atom. The van der Waals surface area contributed by atoms with Gasteiger partial charge >= 0.3 is 0 Å². The van der Waals surface area contributed by atoms with Gasteiger partial charge in [0.15, 0.2) is 0 Å². The van der Waals surface area contributed by atoms with Gasteiger partial charge in [-0.2, -0.15) is 0 Å². The van der Waals surface area contributed by atoms with Crippen LogP contribution in [0, 0.1) is 5.41 Å². The molecule has 1 aromatic rings. The molecule has 3 nitrogen and oxygen atoms in total. The maximum Gasteiger partial charge on any atom is 0.221 e. The fourth-order valence-corrected chi connectivity index (χ4v) is 1.29. The largest absolute Gasteiger partial charge is 0.368 e. The van der Waals surface area contributed by atoms with Gasteiger partial charge in [-0.15, -0.1) is 0 Å². The first-order valence-corrected chi connectivity index (χ1v) is 4.53. The van der Waals surface area contributed by atoms with E-state index >= 15 is 0 Å². The number of nitrogens with zero attached hydrogens (tertiary/aromatic N) is 2. The molecule has 1 heterocycles. The van der Waals surface area contributed by atoms with Crippen molar-refractivity contribution in [3.05, 3.63) is 16.9 Å². The van der Waals surface area contributed by atoms with Gasteiger partial charge < -0.3 is 5.73 Å². The standard InChI is InChI=1S/C9H14ClN3/c1-9(2,3)4-6-5-12-8(11)13-7(6)10/h5H,4H2,1-3H3,(H2,11,12,13). The minimum atomic E-state index is 0.184. The van der Waals surface area contributed by atoms with Crippen molar-refractivity contribution < 1.29 is 0 Å². The summed E-state index contributed by atoms with van der Waals surface area (Å²) in [6.45, 7) is 6.42. The topological polar surface area (TPSA) is 51.8 Å². The van der Waals surface area contributed by atoms with Gasteiger partial charge in [0.1, 0.15) is 5.15 Å². The molecule has 1 aromatic heterocycles. The molecule has 0 bridgehead atoms. The van der Waals surface area contributed by atoms with Crippen molar-refractivity contribution in [3.63, 3.8) is 0 Å². The Labute approximate surface area is 83.3 Å². The van der Waals surface area contributed by atoms with Crippen LogP contribution in [0.15, 0.2) is 6.20 Å². The number of halogens is 1. The fraction of sp³-hybridized carbons (Fsp3) is 0.556. The number of nitrogen functional groups attached to an aromatic ring is 1. The third-order valence-corrected chi connectivity index (χ3v) is 1.88. The quantitative estimate of drug-likeness (QED) is 0.707. The highest BCUT2D eigenvalue weighted by Crippen LogP contribution is 2.24. The molecule has 0 aliphatic carbocycles. The van der Waals surface area contributed by atoms with Crippen molar-refractivity contribution in [2.75, 3.05) is 5.73 Å². The van der Waals surface area contributed by atoms with Crippen LogP contribution in [-0.2, 0) is 6.42 Å². The number of anilines is 1. The average Bonchev–Trinajstić information content (AvgIpc) is 1.93.